The maximum Gasteiger partial charge on any atom is 0.124 e. The molecule has 0 bridgehead atoms. The Morgan fingerprint density at radius 1 is 1.50 bits per heavy atom. The number of rotatable bonds is 5. The summed E-state index contributed by atoms with van der Waals surface area (Å²) in [7, 11) is 0. The molecule has 0 saturated carbocycles. The van der Waals surface area contributed by atoms with Gasteiger partial charge in [0.05, 0.1) is 6.20 Å². The SMILES string of the molecule is CC(C)Cn1ncc(CCCN)c1N. The van der Waals surface area contributed by atoms with Gasteiger partial charge in [-0.15, -0.1) is 0 Å². The summed E-state index contributed by atoms with van der Waals surface area (Å²) in [5.74, 6) is 1.37. The maximum atomic E-state index is 5.95. The minimum atomic E-state index is 0.569. The van der Waals surface area contributed by atoms with Gasteiger partial charge in [-0.1, -0.05) is 13.8 Å². The highest BCUT2D eigenvalue weighted by molar-refractivity contribution is 5.38. The van der Waals surface area contributed by atoms with Crippen molar-refractivity contribution in [1.82, 2.24) is 9.78 Å². The lowest BCUT2D eigenvalue weighted by molar-refractivity contribution is 0.488. The number of hydrogen-bond donors (Lipinski definition) is 2. The topological polar surface area (TPSA) is 69.9 Å². The van der Waals surface area contributed by atoms with Gasteiger partial charge in [-0.3, -0.25) is 0 Å². The molecule has 4 nitrogen and oxygen atoms in total. The summed E-state index contributed by atoms with van der Waals surface area (Å²) in [5.41, 5.74) is 12.5. The van der Waals surface area contributed by atoms with E-state index in [0.29, 0.717) is 12.5 Å². The van der Waals surface area contributed by atoms with E-state index in [1.807, 2.05) is 10.9 Å². The summed E-state index contributed by atoms with van der Waals surface area (Å²) < 4.78 is 1.87. The van der Waals surface area contributed by atoms with Crippen LogP contribution in [0, 0.1) is 5.92 Å². The summed E-state index contributed by atoms with van der Waals surface area (Å²) in [4.78, 5) is 0. The average molecular weight is 196 g/mol. The van der Waals surface area contributed by atoms with E-state index in [2.05, 4.69) is 18.9 Å². The van der Waals surface area contributed by atoms with E-state index in [0.717, 1.165) is 30.8 Å². The highest BCUT2D eigenvalue weighted by Gasteiger charge is 2.07. The largest absolute Gasteiger partial charge is 0.384 e. The molecule has 0 unspecified atom stereocenters. The van der Waals surface area contributed by atoms with Crippen LogP contribution in [0.4, 0.5) is 5.82 Å². The molecule has 1 aromatic heterocycles. The lowest BCUT2D eigenvalue weighted by Crippen LogP contribution is -2.10. The van der Waals surface area contributed by atoms with E-state index in [9.17, 15) is 0 Å². The summed E-state index contributed by atoms with van der Waals surface area (Å²) in [6.07, 6.45) is 3.76. The van der Waals surface area contributed by atoms with Crippen molar-refractivity contribution in [2.24, 2.45) is 11.7 Å². The molecule has 0 saturated heterocycles. The van der Waals surface area contributed by atoms with E-state index in [1.54, 1.807) is 0 Å². The normalized spacial score (nSPS) is 11.1. The molecule has 0 aromatic carbocycles. The molecule has 0 amide bonds. The molecule has 0 fully saturated rings. The smallest absolute Gasteiger partial charge is 0.124 e. The van der Waals surface area contributed by atoms with Crippen molar-refractivity contribution >= 4 is 5.82 Å². The quantitative estimate of drug-likeness (QED) is 0.738. The molecule has 1 heterocycles. The number of nitrogens with two attached hydrogens (primary N) is 2. The molecule has 0 radical (unpaired) electrons. The van der Waals surface area contributed by atoms with Crippen molar-refractivity contribution in [3.63, 3.8) is 0 Å². The lowest BCUT2D eigenvalue weighted by atomic mass is 10.2. The van der Waals surface area contributed by atoms with Crippen molar-refractivity contribution in [2.75, 3.05) is 12.3 Å². The molecular formula is C10H20N4. The van der Waals surface area contributed by atoms with Crippen molar-refractivity contribution in [1.29, 1.82) is 0 Å². The minimum Gasteiger partial charge on any atom is -0.384 e. The first-order valence-electron chi connectivity index (χ1n) is 5.15. The number of aromatic nitrogens is 2. The molecule has 1 rings (SSSR count). The van der Waals surface area contributed by atoms with Crippen LogP contribution in [0.5, 0.6) is 0 Å². The third-order valence-corrected chi connectivity index (χ3v) is 2.15. The molecule has 14 heavy (non-hydrogen) atoms. The molecule has 1 aromatic rings. The third kappa shape index (κ3) is 2.73. The second-order valence-electron chi connectivity index (χ2n) is 4.02. The van der Waals surface area contributed by atoms with Gasteiger partial charge in [0.15, 0.2) is 0 Å². The molecule has 4 heteroatoms. The second-order valence-corrected chi connectivity index (χ2v) is 4.02. The molecule has 4 N–H and O–H groups in total. The highest BCUT2D eigenvalue weighted by atomic mass is 15.3. The van der Waals surface area contributed by atoms with Crippen LogP contribution < -0.4 is 11.5 Å². The average Bonchev–Trinajstić information content (AvgIpc) is 2.45. The zero-order valence-electron chi connectivity index (χ0n) is 9.03. The zero-order chi connectivity index (χ0) is 10.6. The van der Waals surface area contributed by atoms with Gasteiger partial charge in [0.25, 0.3) is 0 Å². The Morgan fingerprint density at radius 3 is 2.79 bits per heavy atom. The number of nitrogen functional groups attached to an aromatic ring is 1. The van der Waals surface area contributed by atoms with Crippen molar-refractivity contribution in [2.45, 2.75) is 33.2 Å². The Balaban J connectivity index is 2.65. The Bertz CT molecular complexity index is 278. The molecule has 0 spiro atoms. The van der Waals surface area contributed by atoms with E-state index in [4.69, 9.17) is 11.5 Å². The first-order chi connectivity index (χ1) is 6.65. The van der Waals surface area contributed by atoms with Crippen LogP contribution in [0.25, 0.3) is 0 Å². The van der Waals surface area contributed by atoms with E-state index >= 15 is 0 Å². The van der Waals surface area contributed by atoms with Gasteiger partial charge in [-0.05, 0) is 25.3 Å². The molecule has 0 atom stereocenters. The Labute approximate surface area is 85.3 Å². The van der Waals surface area contributed by atoms with Gasteiger partial charge < -0.3 is 11.5 Å². The fraction of sp³-hybridized carbons (Fsp3) is 0.700. The second kappa shape index (κ2) is 5.00. The highest BCUT2D eigenvalue weighted by Crippen LogP contribution is 2.14. The summed E-state index contributed by atoms with van der Waals surface area (Å²) >= 11 is 0. The predicted octanol–water partition coefficient (Wildman–Crippen LogP) is 1.01. The van der Waals surface area contributed by atoms with Crippen LogP contribution >= 0.6 is 0 Å². The third-order valence-electron chi connectivity index (χ3n) is 2.15. The fourth-order valence-electron chi connectivity index (χ4n) is 1.41. The number of aryl methyl sites for hydroxylation is 1. The van der Waals surface area contributed by atoms with E-state index in [-0.39, 0.29) is 0 Å². The Morgan fingerprint density at radius 2 is 2.21 bits per heavy atom. The van der Waals surface area contributed by atoms with Crippen molar-refractivity contribution < 1.29 is 0 Å². The van der Waals surface area contributed by atoms with Gasteiger partial charge >= 0.3 is 0 Å². The lowest BCUT2D eigenvalue weighted by Gasteiger charge is -2.07. The van der Waals surface area contributed by atoms with Crippen molar-refractivity contribution in [3.05, 3.63) is 11.8 Å². The monoisotopic (exact) mass is 196 g/mol. The molecule has 0 aliphatic rings. The molecular weight excluding hydrogens is 176 g/mol. The number of nitrogens with zero attached hydrogens (tertiary/aromatic N) is 2. The predicted molar refractivity (Wildman–Crippen MR) is 58.9 cm³/mol. The molecule has 0 aliphatic heterocycles. The minimum absolute atomic E-state index is 0.569. The first-order valence-corrected chi connectivity index (χ1v) is 5.15. The maximum absolute atomic E-state index is 5.95. The number of hydrogen-bond acceptors (Lipinski definition) is 3. The molecule has 80 valence electrons. The Hall–Kier alpha value is -1.03. The summed E-state index contributed by atoms with van der Waals surface area (Å²) in [5, 5.41) is 4.26. The van der Waals surface area contributed by atoms with Gasteiger partial charge in [-0.2, -0.15) is 5.10 Å². The van der Waals surface area contributed by atoms with Gasteiger partial charge in [-0.25, -0.2) is 4.68 Å². The van der Waals surface area contributed by atoms with Crippen LogP contribution in [0.15, 0.2) is 6.20 Å². The molecule has 0 aliphatic carbocycles. The van der Waals surface area contributed by atoms with Gasteiger partial charge in [0.1, 0.15) is 5.82 Å². The van der Waals surface area contributed by atoms with Crippen LogP contribution in [-0.2, 0) is 13.0 Å². The summed E-state index contributed by atoms with van der Waals surface area (Å²) in [6, 6.07) is 0. The number of anilines is 1. The van der Waals surface area contributed by atoms with E-state index in [1.165, 1.54) is 0 Å². The van der Waals surface area contributed by atoms with Crippen LogP contribution in [0.2, 0.25) is 0 Å². The zero-order valence-corrected chi connectivity index (χ0v) is 9.03. The van der Waals surface area contributed by atoms with Crippen LogP contribution in [0.1, 0.15) is 25.8 Å². The van der Waals surface area contributed by atoms with Crippen LogP contribution in [-0.4, -0.2) is 16.3 Å². The summed E-state index contributed by atoms with van der Waals surface area (Å²) in [6.45, 7) is 5.89. The fourth-order valence-corrected chi connectivity index (χ4v) is 1.41. The van der Waals surface area contributed by atoms with E-state index < -0.39 is 0 Å². The standard InChI is InChI=1S/C10H20N4/c1-8(2)7-14-10(12)9(6-13-14)4-3-5-11/h6,8H,3-5,7,11-12H2,1-2H3. The Kier molecular flexibility index (Phi) is 3.95. The van der Waals surface area contributed by atoms with Crippen LogP contribution in [0.3, 0.4) is 0 Å². The van der Waals surface area contributed by atoms with Gasteiger partial charge in [0, 0.05) is 12.1 Å². The van der Waals surface area contributed by atoms with Crippen molar-refractivity contribution in [3.8, 4) is 0 Å². The van der Waals surface area contributed by atoms with Gasteiger partial charge in [0.2, 0.25) is 0 Å². The first kappa shape index (κ1) is 11.0.